The van der Waals surface area contributed by atoms with E-state index in [1.54, 1.807) is 19.2 Å². The van der Waals surface area contributed by atoms with E-state index in [9.17, 15) is 5.11 Å². The second kappa shape index (κ2) is 5.85. The maximum atomic E-state index is 9.33. The van der Waals surface area contributed by atoms with Crippen LogP contribution in [0.4, 0.5) is 5.69 Å². The van der Waals surface area contributed by atoms with E-state index < -0.39 is 6.10 Å². The maximum absolute atomic E-state index is 9.33. The molecule has 1 aromatic carbocycles. The molecule has 0 aliphatic carbocycles. The van der Waals surface area contributed by atoms with Crippen LogP contribution in [0.15, 0.2) is 23.1 Å². The van der Waals surface area contributed by atoms with Gasteiger partial charge >= 0.3 is 0 Å². The number of rotatable bonds is 5. The van der Waals surface area contributed by atoms with Gasteiger partial charge in [0.2, 0.25) is 0 Å². The molecule has 1 atom stereocenters. The Labute approximate surface area is 93.6 Å². The molecule has 0 heterocycles. The Morgan fingerprint density at radius 3 is 2.87 bits per heavy atom. The molecule has 1 unspecified atom stereocenters. The zero-order chi connectivity index (χ0) is 11.3. The second-order valence-electron chi connectivity index (χ2n) is 3.11. The number of aliphatic hydroxyl groups is 1. The van der Waals surface area contributed by atoms with Crippen molar-refractivity contribution < 1.29 is 9.84 Å². The summed E-state index contributed by atoms with van der Waals surface area (Å²) in [6.07, 6.45) is -0.489. The van der Waals surface area contributed by atoms with Crippen molar-refractivity contribution in [3.05, 3.63) is 18.2 Å². The van der Waals surface area contributed by atoms with E-state index in [0.717, 1.165) is 10.6 Å². The number of methoxy groups -OCH3 is 1. The van der Waals surface area contributed by atoms with Crippen LogP contribution in [0.25, 0.3) is 0 Å². The molecule has 0 aromatic heterocycles. The molecule has 5 heteroatoms. The van der Waals surface area contributed by atoms with Gasteiger partial charge in [0.05, 0.1) is 13.2 Å². The summed E-state index contributed by atoms with van der Waals surface area (Å²) in [7, 11) is 1.60. The highest BCUT2D eigenvalue weighted by Crippen LogP contribution is 2.31. The topological polar surface area (TPSA) is 81.5 Å². The first kappa shape index (κ1) is 12.2. The molecule has 4 nitrogen and oxygen atoms in total. The van der Waals surface area contributed by atoms with Crippen molar-refractivity contribution in [1.29, 1.82) is 0 Å². The molecular formula is C10H16N2O2S. The second-order valence-corrected chi connectivity index (χ2v) is 4.17. The molecule has 15 heavy (non-hydrogen) atoms. The van der Waals surface area contributed by atoms with E-state index in [1.807, 2.05) is 6.07 Å². The third kappa shape index (κ3) is 3.62. The van der Waals surface area contributed by atoms with Crippen molar-refractivity contribution in [2.24, 2.45) is 5.73 Å². The fourth-order valence-electron chi connectivity index (χ4n) is 1.06. The molecule has 0 amide bonds. The summed E-state index contributed by atoms with van der Waals surface area (Å²) in [4.78, 5) is 0.958. The van der Waals surface area contributed by atoms with Gasteiger partial charge in [-0.3, -0.25) is 0 Å². The normalized spacial score (nSPS) is 12.5. The minimum Gasteiger partial charge on any atom is -0.496 e. The Bertz CT molecular complexity index is 320. The van der Waals surface area contributed by atoms with E-state index in [0.29, 0.717) is 11.4 Å². The Kier molecular flexibility index (Phi) is 4.74. The minimum atomic E-state index is -0.489. The summed E-state index contributed by atoms with van der Waals surface area (Å²) in [6.45, 7) is 0.268. The summed E-state index contributed by atoms with van der Waals surface area (Å²) in [5.74, 6) is 1.28. The summed E-state index contributed by atoms with van der Waals surface area (Å²) in [5.41, 5.74) is 11.6. The minimum absolute atomic E-state index is 0.268. The van der Waals surface area contributed by atoms with Crippen molar-refractivity contribution >= 4 is 17.4 Å². The van der Waals surface area contributed by atoms with E-state index in [1.165, 1.54) is 11.8 Å². The monoisotopic (exact) mass is 228 g/mol. The van der Waals surface area contributed by atoms with Gasteiger partial charge in [0, 0.05) is 28.9 Å². The number of anilines is 1. The number of benzene rings is 1. The van der Waals surface area contributed by atoms with Gasteiger partial charge in [-0.2, -0.15) is 0 Å². The zero-order valence-corrected chi connectivity index (χ0v) is 9.46. The van der Waals surface area contributed by atoms with Crippen molar-refractivity contribution in [3.8, 4) is 5.75 Å². The zero-order valence-electron chi connectivity index (χ0n) is 8.64. The third-order valence-corrected chi connectivity index (χ3v) is 3.09. The largest absolute Gasteiger partial charge is 0.496 e. The predicted molar refractivity (Wildman–Crippen MR) is 63.2 cm³/mol. The lowest BCUT2D eigenvalue weighted by Crippen LogP contribution is -2.21. The first-order valence-electron chi connectivity index (χ1n) is 4.61. The number of nitrogens with two attached hydrogens (primary N) is 2. The van der Waals surface area contributed by atoms with Crippen LogP contribution in [0.1, 0.15) is 0 Å². The molecule has 0 saturated heterocycles. The molecule has 84 valence electrons. The number of aliphatic hydroxyl groups excluding tert-OH is 1. The van der Waals surface area contributed by atoms with Crippen molar-refractivity contribution in [1.82, 2.24) is 0 Å². The Morgan fingerprint density at radius 2 is 2.27 bits per heavy atom. The van der Waals surface area contributed by atoms with Gasteiger partial charge in [-0.1, -0.05) is 0 Å². The first-order valence-corrected chi connectivity index (χ1v) is 5.60. The number of ether oxygens (including phenoxy) is 1. The highest BCUT2D eigenvalue weighted by molar-refractivity contribution is 7.99. The molecule has 1 aromatic rings. The van der Waals surface area contributed by atoms with E-state index >= 15 is 0 Å². The van der Waals surface area contributed by atoms with Crippen LogP contribution >= 0.6 is 11.8 Å². The molecule has 0 aliphatic heterocycles. The number of nitrogen functional groups attached to an aromatic ring is 1. The van der Waals surface area contributed by atoms with Gasteiger partial charge in [-0.25, -0.2) is 0 Å². The van der Waals surface area contributed by atoms with Crippen LogP contribution in [-0.4, -0.2) is 30.6 Å². The van der Waals surface area contributed by atoms with Crippen molar-refractivity contribution in [2.45, 2.75) is 11.0 Å². The number of hydrogen-bond donors (Lipinski definition) is 3. The fraction of sp³-hybridized carbons (Fsp3) is 0.400. The van der Waals surface area contributed by atoms with E-state index in [2.05, 4.69) is 0 Å². The maximum Gasteiger partial charge on any atom is 0.134 e. The average Bonchev–Trinajstić information content (AvgIpc) is 2.26. The summed E-state index contributed by atoms with van der Waals surface area (Å²) < 4.78 is 5.18. The van der Waals surface area contributed by atoms with Crippen molar-refractivity contribution in [3.63, 3.8) is 0 Å². The van der Waals surface area contributed by atoms with E-state index in [4.69, 9.17) is 16.2 Å². The summed E-state index contributed by atoms with van der Waals surface area (Å²) >= 11 is 1.50. The van der Waals surface area contributed by atoms with Gasteiger partial charge in [0.15, 0.2) is 0 Å². The van der Waals surface area contributed by atoms with Crippen LogP contribution in [0, 0.1) is 0 Å². The Morgan fingerprint density at radius 1 is 1.53 bits per heavy atom. The lowest BCUT2D eigenvalue weighted by atomic mass is 10.3. The number of thioether (sulfide) groups is 1. The highest BCUT2D eigenvalue weighted by Gasteiger charge is 2.07. The molecule has 0 saturated carbocycles. The lowest BCUT2D eigenvalue weighted by molar-refractivity contribution is 0.208. The first-order chi connectivity index (χ1) is 7.17. The van der Waals surface area contributed by atoms with Crippen molar-refractivity contribution in [2.75, 3.05) is 25.1 Å². The SMILES string of the molecule is COc1cc(N)ccc1SCC(O)CN. The van der Waals surface area contributed by atoms with Gasteiger partial charge in [-0.05, 0) is 12.1 Å². The molecule has 1 rings (SSSR count). The standard InChI is InChI=1S/C10H16N2O2S/c1-14-9-4-7(12)2-3-10(9)15-6-8(13)5-11/h2-4,8,13H,5-6,11-12H2,1H3. The van der Waals surface area contributed by atoms with Gasteiger partial charge in [0.25, 0.3) is 0 Å². The summed E-state index contributed by atoms with van der Waals surface area (Å²) in [6, 6.07) is 5.44. The highest BCUT2D eigenvalue weighted by atomic mass is 32.2. The molecule has 0 aliphatic rings. The third-order valence-electron chi connectivity index (χ3n) is 1.89. The quantitative estimate of drug-likeness (QED) is 0.510. The average molecular weight is 228 g/mol. The van der Waals surface area contributed by atoms with Crippen LogP contribution in [0.5, 0.6) is 5.75 Å². The molecular weight excluding hydrogens is 212 g/mol. The molecule has 0 radical (unpaired) electrons. The van der Waals surface area contributed by atoms with Gasteiger partial charge in [0.1, 0.15) is 5.75 Å². The fourth-order valence-corrected chi connectivity index (χ4v) is 2.01. The van der Waals surface area contributed by atoms with Crippen LogP contribution in [0.2, 0.25) is 0 Å². The van der Waals surface area contributed by atoms with Crippen LogP contribution < -0.4 is 16.2 Å². The predicted octanol–water partition coefficient (Wildman–Crippen LogP) is 0.689. The van der Waals surface area contributed by atoms with E-state index in [-0.39, 0.29) is 6.54 Å². The Hall–Kier alpha value is -0.910. The molecule has 0 bridgehead atoms. The number of hydrogen-bond acceptors (Lipinski definition) is 5. The van der Waals surface area contributed by atoms with Crippen LogP contribution in [-0.2, 0) is 0 Å². The van der Waals surface area contributed by atoms with Gasteiger partial charge in [-0.15, -0.1) is 11.8 Å². The smallest absolute Gasteiger partial charge is 0.134 e. The van der Waals surface area contributed by atoms with Crippen LogP contribution in [0.3, 0.4) is 0 Å². The molecule has 5 N–H and O–H groups in total. The summed E-state index contributed by atoms with van der Waals surface area (Å²) in [5, 5.41) is 9.33. The van der Waals surface area contributed by atoms with Gasteiger partial charge < -0.3 is 21.3 Å². The molecule has 0 spiro atoms. The lowest BCUT2D eigenvalue weighted by Gasteiger charge is -2.10. The molecule has 0 fully saturated rings. The Balaban J connectivity index is 2.67.